The van der Waals surface area contributed by atoms with Gasteiger partial charge in [-0.15, -0.1) is 0 Å². The van der Waals surface area contributed by atoms with Crippen LogP contribution in [0.3, 0.4) is 0 Å². The SMILES string of the molecule is C[C@@H]1CN(C(=O)[C@H]2CCCCN2)CC[C@@H]1Oc1ccc(-c2ncnc(Nc3ccc(N4CCN(C5COC5)CC4)cc3)n2)cc1C#N. The zero-order valence-electron chi connectivity index (χ0n) is 27.0. The van der Waals surface area contributed by atoms with E-state index in [1.165, 1.54) is 12.0 Å². The summed E-state index contributed by atoms with van der Waals surface area (Å²) in [7, 11) is 0. The fraction of sp³-hybridized carbons (Fsp3) is 0.514. The van der Waals surface area contributed by atoms with E-state index in [0.717, 1.165) is 77.3 Å². The van der Waals surface area contributed by atoms with Gasteiger partial charge in [0.05, 0.1) is 30.9 Å². The molecule has 0 saturated carbocycles. The highest BCUT2D eigenvalue weighted by atomic mass is 16.5. The van der Waals surface area contributed by atoms with Gasteiger partial charge < -0.3 is 29.9 Å². The minimum atomic E-state index is -0.0808. The minimum Gasteiger partial charge on any atom is -0.489 e. The Morgan fingerprint density at radius 1 is 1.04 bits per heavy atom. The van der Waals surface area contributed by atoms with E-state index in [1.54, 1.807) is 6.07 Å². The Balaban J connectivity index is 0.954. The van der Waals surface area contributed by atoms with Crippen LogP contribution in [0.5, 0.6) is 5.75 Å². The van der Waals surface area contributed by atoms with Gasteiger partial charge in [-0.05, 0) is 61.9 Å². The molecule has 4 fully saturated rings. The summed E-state index contributed by atoms with van der Waals surface area (Å²) in [4.78, 5) is 33.3. The molecule has 3 atom stereocenters. The highest BCUT2D eigenvalue weighted by Crippen LogP contribution is 2.30. The van der Waals surface area contributed by atoms with Crippen LogP contribution in [0, 0.1) is 17.2 Å². The van der Waals surface area contributed by atoms with E-state index in [4.69, 9.17) is 9.47 Å². The molecule has 1 amide bonds. The van der Waals surface area contributed by atoms with Gasteiger partial charge in [0.1, 0.15) is 24.3 Å². The number of rotatable bonds is 8. The molecule has 47 heavy (non-hydrogen) atoms. The normalized spacial score (nSPS) is 23.9. The molecule has 3 aromatic rings. The summed E-state index contributed by atoms with van der Waals surface area (Å²) < 4.78 is 11.7. The van der Waals surface area contributed by atoms with Crippen molar-refractivity contribution < 1.29 is 14.3 Å². The maximum absolute atomic E-state index is 13.0. The molecule has 246 valence electrons. The number of nitriles is 1. The summed E-state index contributed by atoms with van der Waals surface area (Å²) in [6.45, 7) is 10.2. The quantitative estimate of drug-likeness (QED) is 0.377. The van der Waals surface area contributed by atoms with E-state index in [1.807, 2.05) is 29.2 Å². The molecule has 0 aliphatic carbocycles. The molecule has 0 bridgehead atoms. The lowest BCUT2D eigenvalue weighted by molar-refractivity contribution is -0.137. The Bertz CT molecular complexity index is 1580. The van der Waals surface area contributed by atoms with Crippen molar-refractivity contribution >= 4 is 23.2 Å². The van der Waals surface area contributed by atoms with Gasteiger partial charge in [-0.25, -0.2) is 9.97 Å². The van der Waals surface area contributed by atoms with Gasteiger partial charge in [0, 0.05) is 68.5 Å². The topological polar surface area (TPSA) is 132 Å². The Kier molecular flexibility index (Phi) is 9.46. The summed E-state index contributed by atoms with van der Waals surface area (Å²) >= 11 is 0. The molecule has 0 radical (unpaired) electrons. The molecular formula is C35H43N9O3. The number of piperazine rings is 1. The van der Waals surface area contributed by atoms with Crippen molar-refractivity contribution in [2.75, 3.05) is 69.2 Å². The lowest BCUT2D eigenvalue weighted by Gasteiger charge is -2.43. The number of hydrogen-bond acceptors (Lipinski definition) is 11. The zero-order chi connectivity index (χ0) is 32.2. The number of anilines is 3. The summed E-state index contributed by atoms with van der Waals surface area (Å²) in [5.41, 5.74) is 3.21. The van der Waals surface area contributed by atoms with Crippen LogP contribution in [-0.4, -0.2) is 108 Å². The number of ether oxygens (including phenoxy) is 2. The Labute approximate surface area is 276 Å². The number of likely N-dealkylation sites (tertiary alicyclic amines) is 1. The molecule has 0 unspecified atom stereocenters. The molecule has 12 nitrogen and oxygen atoms in total. The number of nitrogens with one attached hydrogen (secondary N) is 2. The predicted molar refractivity (Wildman–Crippen MR) is 179 cm³/mol. The second-order valence-corrected chi connectivity index (χ2v) is 13.1. The summed E-state index contributed by atoms with van der Waals surface area (Å²) in [6, 6.07) is 16.6. The number of nitrogens with zero attached hydrogens (tertiary/aromatic N) is 7. The molecule has 5 heterocycles. The van der Waals surface area contributed by atoms with Crippen LogP contribution in [0.25, 0.3) is 11.4 Å². The van der Waals surface area contributed by atoms with Crippen LogP contribution in [0.15, 0.2) is 48.8 Å². The number of amides is 1. The van der Waals surface area contributed by atoms with Crippen molar-refractivity contribution in [1.29, 1.82) is 5.26 Å². The van der Waals surface area contributed by atoms with Crippen LogP contribution >= 0.6 is 0 Å². The Morgan fingerprint density at radius 3 is 2.57 bits per heavy atom. The van der Waals surface area contributed by atoms with E-state index in [0.29, 0.717) is 47.8 Å². The third-order valence-electron chi connectivity index (χ3n) is 9.89. The highest BCUT2D eigenvalue weighted by Gasteiger charge is 2.34. The zero-order valence-corrected chi connectivity index (χ0v) is 27.0. The van der Waals surface area contributed by atoms with Crippen molar-refractivity contribution in [3.05, 3.63) is 54.4 Å². The molecule has 4 aliphatic rings. The lowest BCUT2D eigenvalue weighted by Crippen LogP contribution is -2.56. The van der Waals surface area contributed by atoms with E-state index in [-0.39, 0.29) is 24.0 Å². The van der Waals surface area contributed by atoms with Gasteiger partial charge >= 0.3 is 0 Å². The van der Waals surface area contributed by atoms with Crippen LogP contribution < -0.4 is 20.3 Å². The number of carbonyl (C=O) groups is 1. The smallest absolute Gasteiger partial charge is 0.239 e. The first-order valence-electron chi connectivity index (χ1n) is 16.9. The van der Waals surface area contributed by atoms with E-state index >= 15 is 0 Å². The first kappa shape index (κ1) is 31.3. The second kappa shape index (κ2) is 14.2. The van der Waals surface area contributed by atoms with E-state index in [2.05, 4.69) is 60.5 Å². The van der Waals surface area contributed by atoms with Crippen LogP contribution in [0.1, 0.15) is 38.2 Å². The van der Waals surface area contributed by atoms with Crippen LogP contribution in [0.4, 0.5) is 17.3 Å². The van der Waals surface area contributed by atoms with Gasteiger partial charge in [0.2, 0.25) is 11.9 Å². The number of piperidine rings is 2. The molecular weight excluding hydrogens is 594 g/mol. The van der Waals surface area contributed by atoms with Crippen molar-refractivity contribution in [2.24, 2.45) is 5.92 Å². The maximum atomic E-state index is 13.0. The monoisotopic (exact) mass is 637 g/mol. The number of carbonyl (C=O) groups excluding carboxylic acids is 1. The standard InChI is InChI=1S/C35H43N9O3/c1-24-20-44(34(45)30-4-2-3-12-37-30)13-11-31(24)47-32-10-5-25(18-26(32)19-36)33-38-23-39-35(41-33)40-27-6-8-28(9-7-27)42-14-16-43(17-15-42)29-21-46-22-29/h5-10,18,23-24,29-31,37H,2-4,11-17,20-22H2,1H3,(H,38,39,40,41)/t24-,30-,31+/m1/s1. The van der Waals surface area contributed by atoms with Crippen LogP contribution in [-0.2, 0) is 9.53 Å². The van der Waals surface area contributed by atoms with E-state index < -0.39 is 0 Å². The van der Waals surface area contributed by atoms with Gasteiger partial charge in [0.25, 0.3) is 0 Å². The number of benzene rings is 2. The largest absolute Gasteiger partial charge is 0.489 e. The fourth-order valence-electron chi connectivity index (χ4n) is 6.96. The molecule has 2 N–H and O–H groups in total. The molecule has 2 aromatic carbocycles. The molecule has 7 rings (SSSR count). The second-order valence-electron chi connectivity index (χ2n) is 13.1. The first-order chi connectivity index (χ1) is 23.0. The van der Waals surface area contributed by atoms with Crippen molar-refractivity contribution in [2.45, 2.75) is 50.8 Å². The molecule has 0 spiro atoms. The third-order valence-corrected chi connectivity index (χ3v) is 9.89. The average molecular weight is 638 g/mol. The molecule has 1 aromatic heterocycles. The van der Waals surface area contributed by atoms with Gasteiger partial charge in [0.15, 0.2) is 5.82 Å². The minimum absolute atomic E-state index is 0.0674. The van der Waals surface area contributed by atoms with E-state index in [9.17, 15) is 10.1 Å². The average Bonchev–Trinajstić information content (AvgIpc) is 3.09. The van der Waals surface area contributed by atoms with Gasteiger partial charge in [-0.1, -0.05) is 13.3 Å². The van der Waals surface area contributed by atoms with Crippen molar-refractivity contribution in [1.82, 2.24) is 30.1 Å². The fourth-order valence-corrected chi connectivity index (χ4v) is 6.96. The number of aromatic nitrogens is 3. The van der Waals surface area contributed by atoms with Crippen molar-refractivity contribution in [3.8, 4) is 23.2 Å². The molecule has 4 saturated heterocycles. The Hall–Kier alpha value is -4.31. The summed E-state index contributed by atoms with van der Waals surface area (Å²) in [6.07, 6.45) is 5.25. The summed E-state index contributed by atoms with van der Waals surface area (Å²) in [5, 5.41) is 16.7. The summed E-state index contributed by atoms with van der Waals surface area (Å²) in [5.74, 6) is 1.77. The maximum Gasteiger partial charge on any atom is 0.239 e. The predicted octanol–water partition coefficient (Wildman–Crippen LogP) is 3.43. The van der Waals surface area contributed by atoms with Crippen LogP contribution in [0.2, 0.25) is 0 Å². The van der Waals surface area contributed by atoms with Crippen molar-refractivity contribution in [3.63, 3.8) is 0 Å². The van der Waals surface area contributed by atoms with Gasteiger partial charge in [-0.3, -0.25) is 9.69 Å². The third kappa shape index (κ3) is 7.17. The highest BCUT2D eigenvalue weighted by molar-refractivity contribution is 5.82. The molecule has 12 heteroatoms. The lowest BCUT2D eigenvalue weighted by atomic mass is 9.94. The first-order valence-corrected chi connectivity index (χ1v) is 16.9. The molecule has 4 aliphatic heterocycles. The van der Waals surface area contributed by atoms with Gasteiger partial charge in [-0.2, -0.15) is 10.2 Å². The number of hydrogen-bond donors (Lipinski definition) is 2. The Morgan fingerprint density at radius 2 is 1.87 bits per heavy atom.